The van der Waals surface area contributed by atoms with Crippen molar-refractivity contribution in [3.63, 3.8) is 0 Å². The Morgan fingerprint density at radius 3 is 2.64 bits per heavy atom. The van der Waals surface area contributed by atoms with Crippen LogP contribution in [0.15, 0.2) is 53.1 Å². The Labute approximate surface area is 154 Å². The second-order valence-corrected chi connectivity index (χ2v) is 6.03. The maximum Gasteiger partial charge on any atom is 0.345 e. The molecule has 0 radical (unpaired) electrons. The molecule has 1 heterocycles. The number of anilines is 1. The lowest BCUT2D eigenvalue weighted by Gasteiger charge is -2.06. The first-order valence-corrected chi connectivity index (χ1v) is 8.17. The maximum absolute atomic E-state index is 12.2. The third-order valence-corrected chi connectivity index (χ3v) is 4.11. The van der Waals surface area contributed by atoms with Gasteiger partial charge in [-0.05, 0) is 23.8 Å². The van der Waals surface area contributed by atoms with Crippen LogP contribution in [-0.4, -0.2) is 18.2 Å². The van der Waals surface area contributed by atoms with Crippen LogP contribution in [0, 0.1) is 0 Å². The van der Waals surface area contributed by atoms with Gasteiger partial charge < -0.3 is 14.6 Å². The van der Waals surface area contributed by atoms with Crippen LogP contribution in [-0.2, 0) is 11.3 Å². The first kappa shape index (κ1) is 17.3. The van der Waals surface area contributed by atoms with Crippen LogP contribution in [0.25, 0.3) is 11.3 Å². The third kappa shape index (κ3) is 3.78. The van der Waals surface area contributed by atoms with Gasteiger partial charge in [0.15, 0.2) is 17.1 Å². The van der Waals surface area contributed by atoms with Crippen LogP contribution < -0.4 is 5.32 Å². The number of methoxy groups -OCH3 is 1. The lowest BCUT2D eigenvalue weighted by Crippen LogP contribution is -2.08. The van der Waals surface area contributed by atoms with Gasteiger partial charge in [0.1, 0.15) is 0 Å². The Hall–Kier alpha value is -2.50. The molecule has 1 aromatic heterocycles. The molecule has 0 aliphatic carbocycles. The zero-order chi connectivity index (χ0) is 17.8. The zero-order valence-electron chi connectivity index (χ0n) is 13.3. The summed E-state index contributed by atoms with van der Waals surface area (Å²) < 4.78 is 10.2. The van der Waals surface area contributed by atoms with Crippen LogP contribution in [0.4, 0.5) is 5.82 Å². The van der Waals surface area contributed by atoms with Gasteiger partial charge in [-0.25, -0.2) is 4.79 Å². The summed E-state index contributed by atoms with van der Waals surface area (Å²) >= 11 is 12.1. The molecule has 0 aliphatic heterocycles. The molecule has 5 nitrogen and oxygen atoms in total. The summed E-state index contributed by atoms with van der Waals surface area (Å²) in [6.45, 7) is 0.477. The number of hydrogen-bond acceptors (Lipinski definition) is 5. The molecule has 7 heteroatoms. The fourth-order valence-corrected chi connectivity index (χ4v) is 2.84. The van der Waals surface area contributed by atoms with E-state index in [4.69, 9.17) is 32.5 Å². The number of hydrogen-bond donors (Lipinski definition) is 1. The molecule has 0 amide bonds. The van der Waals surface area contributed by atoms with Crippen molar-refractivity contribution in [1.29, 1.82) is 0 Å². The molecule has 0 saturated heterocycles. The highest BCUT2D eigenvalue weighted by Gasteiger charge is 2.26. The highest BCUT2D eigenvalue weighted by Crippen LogP contribution is 2.35. The van der Waals surface area contributed by atoms with Crippen molar-refractivity contribution in [2.45, 2.75) is 6.54 Å². The quantitative estimate of drug-likeness (QED) is 0.631. The van der Waals surface area contributed by atoms with Crippen molar-refractivity contribution in [2.24, 2.45) is 0 Å². The largest absolute Gasteiger partial charge is 0.465 e. The molecule has 0 bridgehead atoms. The van der Waals surface area contributed by atoms with Gasteiger partial charge in [0.2, 0.25) is 0 Å². The van der Waals surface area contributed by atoms with E-state index in [2.05, 4.69) is 10.5 Å². The Kier molecular flexibility index (Phi) is 5.26. The Morgan fingerprint density at radius 2 is 1.96 bits per heavy atom. The molecule has 3 rings (SSSR count). The summed E-state index contributed by atoms with van der Waals surface area (Å²) in [5, 5.41) is 7.88. The van der Waals surface area contributed by atoms with E-state index in [0.717, 1.165) is 5.56 Å². The molecule has 0 atom stereocenters. The average molecular weight is 377 g/mol. The summed E-state index contributed by atoms with van der Waals surface area (Å²) in [7, 11) is 1.30. The average Bonchev–Trinajstić information content (AvgIpc) is 3.04. The molecule has 3 aromatic rings. The standard InChI is InChI=1S/C18H14Cl2N2O3/c1-24-18(23)15-16(13-8-7-12(19)9-14(13)20)25-22-17(15)21-10-11-5-3-2-4-6-11/h2-9H,10H2,1H3,(H,21,22). The summed E-state index contributed by atoms with van der Waals surface area (Å²) in [6, 6.07) is 14.6. The van der Waals surface area contributed by atoms with E-state index in [1.165, 1.54) is 7.11 Å². The molecule has 1 N–H and O–H groups in total. The number of aromatic nitrogens is 1. The van der Waals surface area contributed by atoms with Crippen LogP contribution in [0.1, 0.15) is 15.9 Å². The number of rotatable bonds is 5. The fraction of sp³-hybridized carbons (Fsp3) is 0.111. The van der Waals surface area contributed by atoms with Gasteiger partial charge in [-0.2, -0.15) is 0 Å². The lowest BCUT2D eigenvalue weighted by molar-refractivity contribution is 0.0602. The number of benzene rings is 2. The minimum absolute atomic E-state index is 0.183. The van der Waals surface area contributed by atoms with Crippen LogP contribution in [0.3, 0.4) is 0 Å². The normalized spacial score (nSPS) is 10.5. The molecular formula is C18H14Cl2N2O3. The zero-order valence-corrected chi connectivity index (χ0v) is 14.8. The van der Waals surface area contributed by atoms with Crippen molar-refractivity contribution in [3.05, 3.63) is 69.7 Å². The van der Waals surface area contributed by atoms with E-state index in [-0.39, 0.29) is 17.1 Å². The van der Waals surface area contributed by atoms with Gasteiger partial charge in [0.05, 0.1) is 12.1 Å². The highest BCUT2D eigenvalue weighted by atomic mass is 35.5. The number of nitrogens with zero attached hydrogens (tertiary/aromatic N) is 1. The smallest absolute Gasteiger partial charge is 0.345 e. The molecule has 128 valence electrons. The van der Waals surface area contributed by atoms with Crippen LogP contribution in [0.5, 0.6) is 0 Å². The van der Waals surface area contributed by atoms with E-state index in [9.17, 15) is 4.79 Å². The van der Waals surface area contributed by atoms with E-state index >= 15 is 0 Å². The van der Waals surface area contributed by atoms with Crippen molar-refractivity contribution >= 4 is 35.0 Å². The van der Waals surface area contributed by atoms with Gasteiger partial charge in [-0.3, -0.25) is 0 Å². The molecule has 0 unspecified atom stereocenters. The molecule has 25 heavy (non-hydrogen) atoms. The number of ether oxygens (including phenoxy) is 1. The van der Waals surface area contributed by atoms with Crippen LogP contribution in [0.2, 0.25) is 10.0 Å². The van der Waals surface area contributed by atoms with Gasteiger partial charge in [-0.15, -0.1) is 0 Å². The Balaban J connectivity index is 1.97. The predicted octanol–water partition coefficient (Wildman–Crippen LogP) is 5.05. The minimum Gasteiger partial charge on any atom is -0.465 e. The number of carbonyl (C=O) groups is 1. The van der Waals surface area contributed by atoms with Crippen LogP contribution >= 0.6 is 23.2 Å². The molecule has 0 spiro atoms. The third-order valence-electron chi connectivity index (χ3n) is 3.56. The number of nitrogens with one attached hydrogen (secondary N) is 1. The van der Waals surface area contributed by atoms with E-state index in [1.54, 1.807) is 18.2 Å². The number of carbonyl (C=O) groups excluding carboxylic acids is 1. The maximum atomic E-state index is 12.2. The van der Waals surface area contributed by atoms with E-state index in [0.29, 0.717) is 22.2 Å². The Bertz CT molecular complexity index is 895. The van der Waals surface area contributed by atoms with Crippen molar-refractivity contribution in [1.82, 2.24) is 5.16 Å². The second-order valence-electron chi connectivity index (χ2n) is 5.19. The molecule has 0 fully saturated rings. The number of halogens is 2. The molecule has 0 saturated carbocycles. The van der Waals surface area contributed by atoms with Crippen molar-refractivity contribution in [2.75, 3.05) is 12.4 Å². The SMILES string of the molecule is COC(=O)c1c(NCc2ccccc2)noc1-c1ccc(Cl)cc1Cl. The molecule has 0 aliphatic rings. The van der Waals surface area contributed by atoms with Gasteiger partial charge >= 0.3 is 5.97 Å². The Morgan fingerprint density at radius 1 is 1.20 bits per heavy atom. The fourth-order valence-electron chi connectivity index (χ4n) is 2.34. The molecular weight excluding hydrogens is 363 g/mol. The topological polar surface area (TPSA) is 64.4 Å². The van der Waals surface area contributed by atoms with Gasteiger partial charge in [-0.1, -0.05) is 58.7 Å². The lowest BCUT2D eigenvalue weighted by atomic mass is 10.1. The highest BCUT2D eigenvalue weighted by molar-refractivity contribution is 6.36. The van der Waals surface area contributed by atoms with Gasteiger partial charge in [0, 0.05) is 17.1 Å². The minimum atomic E-state index is -0.571. The van der Waals surface area contributed by atoms with Gasteiger partial charge in [0.25, 0.3) is 0 Å². The first-order valence-electron chi connectivity index (χ1n) is 7.41. The van der Waals surface area contributed by atoms with Crippen molar-refractivity contribution < 1.29 is 14.1 Å². The summed E-state index contributed by atoms with van der Waals surface area (Å²) in [5.41, 5.74) is 1.72. The predicted molar refractivity (Wildman–Crippen MR) is 97.1 cm³/mol. The monoisotopic (exact) mass is 376 g/mol. The summed E-state index contributed by atoms with van der Waals surface area (Å²) in [4.78, 5) is 12.2. The first-order chi connectivity index (χ1) is 12.1. The van der Waals surface area contributed by atoms with E-state index in [1.807, 2.05) is 30.3 Å². The van der Waals surface area contributed by atoms with Crippen molar-refractivity contribution in [3.8, 4) is 11.3 Å². The van der Waals surface area contributed by atoms with E-state index < -0.39 is 5.97 Å². The second kappa shape index (κ2) is 7.59. The summed E-state index contributed by atoms with van der Waals surface area (Å²) in [6.07, 6.45) is 0. The summed E-state index contributed by atoms with van der Waals surface area (Å²) in [5.74, 6) is -0.0568. The molecule has 2 aromatic carbocycles. The number of esters is 1.